The SMILES string of the molecule is Cc1ccccc1CC(=O)OCC(=O)Nc1ccccc1C(=O)c1ccccc1. The van der Waals surface area contributed by atoms with Gasteiger partial charge in [0.2, 0.25) is 0 Å². The predicted molar refractivity (Wildman–Crippen MR) is 111 cm³/mol. The fourth-order valence-corrected chi connectivity index (χ4v) is 2.88. The summed E-state index contributed by atoms with van der Waals surface area (Å²) < 4.78 is 5.08. The number of nitrogens with one attached hydrogen (secondary N) is 1. The van der Waals surface area contributed by atoms with Crippen LogP contribution in [0.1, 0.15) is 27.0 Å². The number of anilines is 1. The van der Waals surface area contributed by atoms with Gasteiger partial charge in [0.15, 0.2) is 12.4 Å². The van der Waals surface area contributed by atoms with Crippen LogP contribution in [0.5, 0.6) is 0 Å². The summed E-state index contributed by atoms with van der Waals surface area (Å²) >= 11 is 0. The molecule has 5 nitrogen and oxygen atoms in total. The number of amides is 1. The second-order valence-electron chi connectivity index (χ2n) is 6.55. The van der Waals surface area contributed by atoms with Crippen LogP contribution in [0.15, 0.2) is 78.9 Å². The molecular formula is C24H21NO4. The Morgan fingerprint density at radius 2 is 1.48 bits per heavy atom. The molecule has 0 unspecified atom stereocenters. The standard InChI is InChI=1S/C24H21NO4/c1-17-9-5-6-12-19(17)15-23(27)29-16-22(26)25-21-14-8-7-13-20(21)24(28)18-10-3-2-4-11-18/h2-14H,15-16H2,1H3,(H,25,26). The Morgan fingerprint density at radius 3 is 2.24 bits per heavy atom. The van der Waals surface area contributed by atoms with E-state index in [9.17, 15) is 14.4 Å². The molecule has 0 radical (unpaired) electrons. The van der Waals surface area contributed by atoms with Crippen LogP contribution in [0.2, 0.25) is 0 Å². The maximum atomic E-state index is 12.7. The Hall–Kier alpha value is -3.73. The molecule has 0 saturated carbocycles. The molecule has 0 atom stereocenters. The van der Waals surface area contributed by atoms with Gasteiger partial charge in [-0.1, -0.05) is 66.7 Å². The van der Waals surface area contributed by atoms with E-state index >= 15 is 0 Å². The monoisotopic (exact) mass is 387 g/mol. The zero-order chi connectivity index (χ0) is 20.6. The Labute approximate surface area is 169 Å². The summed E-state index contributed by atoms with van der Waals surface area (Å²) in [4.78, 5) is 37.0. The summed E-state index contributed by atoms with van der Waals surface area (Å²) in [6.45, 7) is 1.49. The van der Waals surface area contributed by atoms with Crippen molar-refractivity contribution in [3.63, 3.8) is 0 Å². The van der Waals surface area contributed by atoms with Crippen LogP contribution in [-0.4, -0.2) is 24.3 Å². The minimum atomic E-state index is -0.503. The van der Waals surface area contributed by atoms with Crippen LogP contribution >= 0.6 is 0 Å². The van der Waals surface area contributed by atoms with Crippen LogP contribution in [0.4, 0.5) is 5.69 Å². The van der Waals surface area contributed by atoms with Crippen LogP contribution < -0.4 is 5.32 Å². The van der Waals surface area contributed by atoms with Crippen molar-refractivity contribution in [2.24, 2.45) is 0 Å². The summed E-state index contributed by atoms with van der Waals surface area (Å²) in [6.07, 6.45) is 0.100. The fourth-order valence-electron chi connectivity index (χ4n) is 2.88. The van der Waals surface area contributed by atoms with E-state index in [0.717, 1.165) is 11.1 Å². The smallest absolute Gasteiger partial charge is 0.310 e. The molecule has 5 heteroatoms. The highest BCUT2D eigenvalue weighted by Crippen LogP contribution is 2.19. The number of benzene rings is 3. The summed E-state index contributed by atoms with van der Waals surface area (Å²) in [5.74, 6) is -1.18. The molecule has 0 aliphatic rings. The van der Waals surface area contributed by atoms with E-state index in [1.54, 1.807) is 48.5 Å². The number of esters is 1. The Kier molecular flexibility index (Phi) is 6.53. The molecule has 0 aromatic heterocycles. The van der Waals surface area contributed by atoms with Gasteiger partial charge in [0.25, 0.3) is 5.91 Å². The molecule has 0 aliphatic heterocycles. The number of rotatable bonds is 7. The lowest BCUT2D eigenvalue weighted by molar-refractivity contribution is -0.146. The topological polar surface area (TPSA) is 72.5 Å². The van der Waals surface area contributed by atoms with Gasteiger partial charge in [-0.2, -0.15) is 0 Å². The molecule has 3 rings (SSSR count). The molecule has 146 valence electrons. The van der Waals surface area contributed by atoms with E-state index in [1.807, 2.05) is 37.3 Å². The third-order valence-corrected chi connectivity index (χ3v) is 4.44. The lowest BCUT2D eigenvalue weighted by Crippen LogP contribution is -2.23. The third kappa shape index (κ3) is 5.39. The third-order valence-electron chi connectivity index (χ3n) is 4.44. The molecule has 1 N–H and O–H groups in total. The van der Waals surface area contributed by atoms with Crippen molar-refractivity contribution >= 4 is 23.3 Å². The van der Waals surface area contributed by atoms with Crippen molar-refractivity contribution in [2.45, 2.75) is 13.3 Å². The van der Waals surface area contributed by atoms with Gasteiger partial charge in [0.05, 0.1) is 12.1 Å². The first-order chi connectivity index (χ1) is 14.0. The second kappa shape index (κ2) is 9.46. The molecule has 29 heavy (non-hydrogen) atoms. The van der Waals surface area contributed by atoms with Gasteiger partial charge in [-0.15, -0.1) is 0 Å². The molecule has 0 aliphatic carbocycles. The maximum absolute atomic E-state index is 12.7. The van der Waals surface area contributed by atoms with Gasteiger partial charge in [0.1, 0.15) is 0 Å². The second-order valence-corrected chi connectivity index (χ2v) is 6.55. The van der Waals surface area contributed by atoms with E-state index in [1.165, 1.54) is 0 Å². The van der Waals surface area contributed by atoms with Gasteiger partial charge in [-0.25, -0.2) is 0 Å². The molecule has 1 amide bonds. The summed E-state index contributed by atoms with van der Waals surface area (Å²) in [6, 6.07) is 23.1. The van der Waals surface area contributed by atoms with Gasteiger partial charge >= 0.3 is 5.97 Å². The summed E-state index contributed by atoms with van der Waals surface area (Å²) in [5, 5.41) is 2.65. The number of aryl methyl sites for hydroxylation is 1. The molecule has 0 fully saturated rings. The lowest BCUT2D eigenvalue weighted by atomic mass is 10.0. The normalized spacial score (nSPS) is 10.2. The summed E-state index contributed by atoms with van der Waals surface area (Å²) in [7, 11) is 0. The van der Waals surface area contributed by atoms with E-state index in [0.29, 0.717) is 16.8 Å². The molecule has 0 heterocycles. The largest absolute Gasteiger partial charge is 0.455 e. The van der Waals surface area contributed by atoms with E-state index in [2.05, 4.69) is 5.32 Å². The van der Waals surface area contributed by atoms with Crippen LogP contribution in [0, 0.1) is 6.92 Å². The first-order valence-corrected chi connectivity index (χ1v) is 9.23. The molecular weight excluding hydrogens is 366 g/mol. The van der Waals surface area contributed by atoms with E-state index in [-0.39, 0.29) is 12.2 Å². The predicted octanol–water partition coefficient (Wildman–Crippen LogP) is 3.95. The highest BCUT2D eigenvalue weighted by Gasteiger charge is 2.16. The Morgan fingerprint density at radius 1 is 0.828 bits per heavy atom. The van der Waals surface area contributed by atoms with Crippen LogP contribution in [-0.2, 0) is 20.7 Å². The number of hydrogen-bond acceptors (Lipinski definition) is 4. The zero-order valence-electron chi connectivity index (χ0n) is 16.1. The average Bonchev–Trinajstić information content (AvgIpc) is 2.74. The summed E-state index contributed by atoms with van der Waals surface area (Å²) in [5.41, 5.74) is 3.12. The fraction of sp³-hybridized carbons (Fsp3) is 0.125. The van der Waals surface area contributed by atoms with Crippen molar-refractivity contribution in [1.29, 1.82) is 0 Å². The minimum Gasteiger partial charge on any atom is -0.455 e. The Bertz CT molecular complexity index is 1030. The highest BCUT2D eigenvalue weighted by molar-refractivity contribution is 6.13. The zero-order valence-corrected chi connectivity index (χ0v) is 16.1. The van der Waals surface area contributed by atoms with Crippen LogP contribution in [0.3, 0.4) is 0 Å². The van der Waals surface area contributed by atoms with E-state index < -0.39 is 18.5 Å². The number of carbonyl (C=O) groups excluding carboxylic acids is 3. The quantitative estimate of drug-likeness (QED) is 0.492. The molecule has 3 aromatic carbocycles. The molecule has 3 aromatic rings. The molecule has 0 bridgehead atoms. The van der Waals surface area contributed by atoms with E-state index in [4.69, 9.17) is 4.74 Å². The number of ether oxygens (including phenoxy) is 1. The highest BCUT2D eigenvalue weighted by atomic mass is 16.5. The molecule has 0 saturated heterocycles. The van der Waals surface area contributed by atoms with Crippen molar-refractivity contribution < 1.29 is 19.1 Å². The number of ketones is 1. The maximum Gasteiger partial charge on any atom is 0.310 e. The van der Waals surface area contributed by atoms with Gasteiger partial charge in [-0.3, -0.25) is 14.4 Å². The van der Waals surface area contributed by atoms with Crippen molar-refractivity contribution in [3.8, 4) is 0 Å². The van der Waals surface area contributed by atoms with Crippen molar-refractivity contribution in [2.75, 3.05) is 11.9 Å². The van der Waals surface area contributed by atoms with Crippen molar-refractivity contribution in [3.05, 3.63) is 101 Å². The lowest BCUT2D eigenvalue weighted by Gasteiger charge is -2.11. The van der Waals surface area contributed by atoms with Crippen molar-refractivity contribution in [1.82, 2.24) is 0 Å². The first kappa shape index (κ1) is 20.0. The van der Waals surface area contributed by atoms with Gasteiger partial charge < -0.3 is 10.1 Å². The minimum absolute atomic E-state index is 0.100. The number of para-hydroxylation sites is 1. The Balaban J connectivity index is 1.61. The first-order valence-electron chi connectivity index (χ1n) is 9.23. The number of carbonyl (C=O) groups is 3. The van der Waals surface area contributed by atoms with Crippen LogP contribution in [0.25, 0.3) is 0 Å². The average molecular weight is 387 g/mol. The molecule has 0 spiro atoms. The van der Waals surface area contributed by atoms with Gasteiger partial charge in [0, 0.05) is 11.1 Å². The van der Waals surface area contributed by atoms with Gasteiger partial charge in [-0.05, 0) is 30.2 Å². The number of hydrogen-bond donors (Lipinski definition) is 1.